The lowest BCUT2D eigenvalue weighted by Crippen LogP contribution is -2.52. The Balaban J connectivity index is 1.61. The molecule has 0 unspecified atom stereocenters. The summed E-state index contributed by atoms with van der Waals surface area (Å²) in [6, 6.07) is 3.58. The summed E-state index contributed by atoms with van der Waals surface area (Å²) in [5, 5.41) is 7.30. The van der Waals surface area contributed by atoms with Gasteiger partial charge in [0.25, 0.3) is 0 Å². The van der Waals surface area contributed by atoms with E-state index in [0.717, 1.165) is 42.0 Å². The van der Waals surface area contributed by atoms with Gasteiger partial charge in [0.1, 0.15) is 17.4 Å². The average molecular weight is 391 g/mol. The van der Waals surface area contributed by atoms with Gasteiger partial charge in [-0.3, -0.25) is 4.99 Å². The molecule has 2 heterocycles. The number of benzene rings is 1. The van der Waals surface area contributed by atoms with Crippen molar-refractivity contribution >= 4 is 11.6 Å². The zero-order valence-electron chi connectivity index (χ0n) is 16.6. The van der Waals surface area contributed by atoms with E-state index in [9.17, 15) is 8.78 Å². The highest BCUT2D eigenvalue weighted by Crippen LogP contribution is 2.22. The number of piperazine rings is 1. The van der Waals surface area contributed by atoms with Gasteiger partial charge in [0.2, 0.25) is 0 Å². The predicted molar refractivity (Wildman–Crippen MR) is 106 cm³/mol. The molecular formula is C20H27F2N5O. The van der Waals surface area contributed by atoms with Crippen LogP contribution in [0.25, 0.3) is 0 Å². The summed E-state index contributed by atoms with van der Waals surface area (Å²) in [6.45, 7) is 9.86. The summed E-state index contributed by atoms with van der Waals surface area (Å²) < 4.78 is 32.7. The minimum absolute atomic E-state index is 0.319. The van der Waals surface area contributed by atoms with E-state index < -0.39 is 11.6 Å². The Bertz CT molecular complexity index is 808. The van der Waals surface area contributed by atoms with E-state index in [4.69, 9.17) is 9.52 Å². The molecule has 1 N–H and O–H groups in total. The Morgan fingerprint density at radius 1 is 1.21 bits per heavy atom. The van der Waals surface area contributed by atoms with Gasteiger partial charge >= 0.3 is 0 Å². The highest BCUT2D eigenvalue weighted by atomic mass is 19.1. The molecule has 3 rings (SSSR count). The Hall–Kier alpha value is -2.64. The Kier molecular flexibility index (Phi) is 6.49. The van der Waals surface area contributed by atoms with Crippen molar-refractivity contribution in [2.24, 2.45) is 4.99 Å². The molecule has 28 heavy (non-hydrogen) atoms. The van der Waals surface area contributed by atoms with Gasteiger partial charge in [-0.15, -0.1) is 0 Å². The lowest BCUT2D eigenvalue weighted by molar-refractivity contribution is 0.370. The molecule has 0 radical (unpaired) electrons. The van der Waals surface area contributed by atoms with E-state index in [-0.39, 0.29) is 0 Å². The first-order valence-corrected chi connectivity index (χ1v) is 9.64. The van der Waals surface area contributed by atoms with Crippen molar-refractivity contribution in [2.75, 3.05) is 44.2 Å². The number of guanidine groups is 1. The number of anilines is 1. The fourth-order valence-electron chi connectivity index (χ4n) is 3.45. The lowest BCUT2D eigenvalue weighted by Gasteiger charge is -2.37. The van der Waals surface area contributed by atoms with E-state index in [0.29, 0.717) is 38.4 Å². The minimum Gasteiger partial charge on any atom is -0.366 e. The second-order valence-electron chi connectivity index (χ2n) is 6.86. The third-order valence-electron chi connectivity index (χ3n) is 4.97. The molecule has 1 fully saturated rings. The molecule has 1 aromatic carbocycles. The number of hydrogen-bond acceptors (Lipinski definition) is 4. The van der Waals surface area contributed by atoms with E-state index in [1.807, 2.05) is 25.7 Å². The average Bonchev–Trinajstić information content (AvgIpc) is 3.01. The molecule has 152 valence electrons. The molecular weight excluding hydrogens is 364 g/mol. The van der Waals surface area contributed by atoms with Crippen LogP contribution < -0.4 is 10.2 Å². The Morgan fingerprint density at radius 3 is 2.61 bits per heavy atom. The Labute approximate surface area is 164 Å². The fraction of sp³-hybridized carbons (Fsp3) is 0.500. The van der Waals surface area contributed by atoms with Crippen LogP contribution in [0.2, 0.25) is 0 Å². The summed E-state index contributed by atoms with van der Waals surface area (Å²) >= 11 is 0. The van der Waals surface area contributed by atoms with Gasteiger partial charge in [0.05, 0.1) is 11.4 Å². The fourth-order valence-corrected chi connectivity index (χ4v) is 3.45. The van der Waals surface area contributed by atoms with Crippen LogP contribution in [-0.2, 0) is 6.42 Å². The molecule has 0 bridgehead atoms. The maximum absolute atomic E-state index is 14.0. The number of rotatable bonds is 5. The molecule has 1 saturated heterocycles. The van der Waals surface area contributed by atoms with Crippen LogP contribution in [0.5, 0.6) is 0 Å². The van der Waals surface area contributed by atoms with Gasteiger partial charge < -0.3 is 19.6 Å². The van der Waals surface area contributed by atoms with Crippen molar-refractivity contribution in [3.05, 3.63) is 46.9 Å². The number of nitrogens with zero attached hydrogens (tertiary/aromatic N) is 4. The van der Waals surface area contributed by atoms with Crippen LogP contribution in [0.4, 0.5) is 14.5 Å². The van der Waals surface area contributed by atoms with Gasteiger partial charge in [-0.05, 0) is 39.3 Å². The van der Waals surface area contributed by atoms with Crippen LogP contribution in [0.3, 0.4) is 0 Å². The van der Waals surface area contributed by atoms with Crippen LogP contribution in [0.15, 0.2) is 27.7 Å². The number of aliphatic imine (C=N–C) groups is 1. The van der Waals surface area contributed by atoms with Crippen LogP contribution in [0, 0.1) is 25.5 Å². The van der Waals surface area contributed by atoms with Crippen molar-refractivity contribution in [3.63, 3.8) is 0 Å². The second kappa shape index (κ2) is 9.03. The zero-order chi connectivity index (χ0) is 20.1. The predicted octanol–water partition coefficient (Wildman–Crippen LogP) is 2.90. The normalized spacial score (nSPS) is 15.2. The zero-order valence-corrected chi connectivity index (χ0v) is 16.6. The third kappa shape index (κ3) is 4.61. The molecule has 1 aromatic heterocycles. The summed E-state index contributed by atoms with van der Waals surface area (Å²) in [5.41, 5.74) is 2.33. The quantitative estimate of drug-likeness (QED) is 0.627. The Morgan fingerprint density at radius 2 is 1.96 bits per heavy atom. The highest BCUT2D eigenvalue weighted by Gasteiger charge is 2.22. The number of aryl methyl sites for hydroxylation is 2. The third-order valence-corrected chi connectivity index (χ3v) is 4.97. The molecule has 0 aliphatic carbocycles. The van der Waals surface area contributed by atoms with Crippen molar-refractivity contribution < 1.29 is 13.3 Å². The van der Waals surface area contributed by atoms with E-state index in [1.165, 1.54) is 12.1 Å². The molecule has 0 saturated carbocycles. The van der Waals surface area contributed by atoms with Crippen molar-refractivity contribution in [1.82, 2.24) is 15.4 Å². The van der Waals surface area contributed by atoms with Crippen molar-refractivity contribution in [1.29, 1.82) is 0 Å². The highest BCUT2D eigenvalue weighted by molar-refractivity contribution is 5.80. The lowest BCUT2D eigenvalue weighted by atomic mass is 10.1. The largest absolute Gasteiger partial charge is 0.366 e. The first kappa shape index (κ1) is 20.1. The van der Waals surface area contributed by atoms with Gasteiger partial charge in [-0.1, -0.05) is 5.16 Å². The maximum Gasteiger partial charge on any atom is 0.194 e. The molecule has 2 aromatic rings. The number of aromatic nitrogens is 1. The van der Waals surface area contributed by atoms with E-state index in [1.54, 1.807) is 0 Å². The number of hydrogen-bond donors (Lipinski definition) is 1. The van der Waals surface area contributed by atoms with Crippen LogP contribution in [0.1, 0.15) is 23.9 Å². The molecule has 0 spiro atoms. The van der Waals surface area contributed by atoms with Gasteiger partial charge in [0, 0.05) is 50.9 Å². The molecule has 0 atom stereocenters. The van der Waals surface area contributed by atoms with Gasteiger partial charge in [0.15, 0.2) is 5.96 Å². The van der Waals surface area contributed by atoms with E-state index in [2.05, 4.69) is 15.4 Å². The minimum atomic E-state index is -0.423. The van der Waals surface area contributed by atoms with Crippen LogP contribution in [-0.4, -0.2) is 55.3 Å². The first-order chi connectivity index (χ1) is 13.5. The second-order valence-corrected chi connectivity index (χ2v) is 6.86. The maximum atomic E-state index is 14.0. The molecule has 1 aliphatic rings. The summed E-state index contributed by atoms with van der Waals surface area (Å²) in [5.74, 6) is 0.861. The first-order valence-electron chi connectivity index (χ1n) is 9.64. The number of halogens is 2. The molecule has 8 heteroatoms. The molecule has 1 aliphatic heterocycles. The monoisotopic (exact) mass is 391 g/mol. The number of nitrogens with one attached hydrogen (secondary N) is 1. The summed E-state index contributed by atoms with van der Waals surface area (Å²) in [7, 11) is 0. The van der Waals surface area contributed by atoms with Crippen LogP contribution >= 0.6 is 0 Å². The summed E-state index contributed by atoms with van der Waals surface area (Å²) in [4.78, 5) is 8.77. The van der Waals surface area contributed by atoms with Gasteiger partial charge in [-0.25, -0.2) is 8.78 Å². The van der Waals surface area contributed by atoms with Crippen molar-refractivity contribution in [2.45, 2.75) is 27.2 Å². The SMILES string of the molecule is CCNC(=NCCc1c(C)noc1C)N1CCN(c2cc(F)ccc2F)CC1. The smallest absolute Gasteiger partial charge is 0.194 e. The molecule has 0 amide bonds. The van der Waals surface area contributed by atoms with E-state index >= 15 is 0 Å². The van der Waals surface area contributed by atoms with Crippen molar-refractivity contribution in [3.8, 4) is 0 Å². The standard InChI is InChI=1S/C20H27F2N5O/c1-4-23-20(24-8-7-17-14(2)25-28-15(17)3)27-11-9-26(10-12-27)19-13-16(21)5-6-18(19)22/h5-6,13H,4,7-12H2,1-3H3,(H,23,24). The molecule has 6 nitrogen and oxygen atoms in total. The summed E-state index contributed by atoms with van der Waals surface area (Å²) in [6.07, 6.45) is 0.768. The topological polar surface area (TPSA) is 56.9 Å². The van der Waals surface area contributed by atoms with Gasteiger partial charge in [-0.2, -0.15) is 0 Å².